The lowest BCUT2D eigenvalue weighted by Gasteiger charge is -2.34. The molecule has 6 rings (SSSR count). The number of carbonyl (C=O) groups is 1. The maximum atomic E-state index is 12.4. The molecule has 0 bridgehead atoms. The largest absolute Gasteiger partial charge is 0.447 e. The molecule has 3 aromatic rings. The first-order valence-corrected chi connectivity index (χ1v) is 13.8. The predicted molar refractivity (Wildman–Crippen MR) is 155 cm³/mol. The number of fused-ring (bicyclic) bond motifs is 1. The van der Waals surface area contributed by atoms with Gasteiger partial charge in [0.1, 0.15) is 24.1 Å². The van der Waals surface area contributed by atoms with E-state index in [1.165, 1.54) is 5.69 Å². The van der Waals surface area contributed by atoms with Crippen molar-refractivity contribution in [2.75, 3.05) is 66.5 Å². The van der Waals surface area contributed by atoms with Crippen molar-refractivity contribution < 1.29 is 14.6 Å². The van der Waals surface area contributed by atoms with Crippen molar-refractivity contribution in [3.8, 4) is 0 Å². The number of aliphatic hydroxyl groups excluding tert-OH is 1. The molecule has 0 aliphatic carbocycles. The molecule has 0 saturated carbocycles. The highest BCUT2D eigenvalue weighted by atomic mass is 16.6. The summed E-state index contributed by atoms with van der Waals surface area (Å²) in [5.74, 6) is 2.29. The molecular weight excluding hydrogens is 508 g/mol. The summed E-state index contributed by atoms with van der Waals surface area (Å²) in [6, 6.07) is 13.6. The third-order valence-corrected chi connectivity index (χ3v) is 8.54. The van der Waals surface area contributed by atoms with Crippen LogP contribution < -0.4 is 20.0 Å². The minimum atomic E-state index is -0.602. The summed E-state index contributed by atoms with van der Waals surface area (Å²) in [6.07, 6.45) is 1.39. The molecule has 0 radical (unpaired) electrons. The normalized spacial score (nSPS) is 24.8. The number of piperazine rings is 1. The molecule has 11 heteroatoms. The standard InChI is InChI=1S/C29H36N8O3/c1-19-17-40-28(39)36(19)24-6-5-7-25(32-24)37-20(2)29(3,18-38)23-16-30-27(33-26(23)37)31-21-8-10-22(11-9-21)35-14-12-34(4)13-15-35/h5-11,16,19-20,38H,12-15,17-18H2,1-4H3,(H,30,31,33)/t19-,20+,29+/m0/s1. The Kier molecular flexibility index (Phi) is 6.71. The van der Waals surface area contributed by atoms with Gasteiger partial charge in [-0.2, -0.15) is 4.98 Å². The van der Waals surface area contributed by atoms with Crippen LogP contribution in [0.2, 0.25) is 0 Å². The van der Waals surface area contributed by atoms with Gasteiger partial charge in [0.15, 0.2) is 0 Å². The number of aromatic nitrogens is 3. The summed E-state index contributed by atoms with van der Waals surface area (Å²) in [4.78, 5) is 35.0. The smallest absolute Gasteiger partial charge is 0.415 e. The van der Waals surface area contributed by atoms with Crippen molar-refractivity contribution in [2.24, 2.45) is 0 Å². The quantitative estimate of drug-likeness (QED) is 0.478. The Labute approximate surface area is 234 Å². The highest BCUT2D eigenvalue weighted by molar-refractivity contribution is 5.89. The van der Waals surface area contributed by atoms with Gasteiger partial charge in [-0.15, -0.1) is 0 Å². The first-order valence-electron chi connectivity index (χ1n) is 13.8. The van der Waals surface area contributed by atoms with Gasteiger partial charge in [-0.25, -0.2) is 14.8 Å². The van der Waals surface area contributed by atoms with Crippen LogP contribution in [0.25, 0.3) is 0 Å². The number of anilines is 6. The van der Waals surface area contributed by atoms with Crippen LogP contribution in [-0.4, -0.2) is 89.6 Å². The third-order valence-electron chi connectivity index (χ3n) is 8.54. The second-order valence-electron chi connectivity index (χ2n) is 11.2. The van der Waals surface area contributed by atoms with E-state index in [1.54, 1.807) is 17.2 Å². The van der Waals surface area contributed by atoms with Crippen LogP contribution in [0.3, 0.4) is 0 Å². The number of amides is 1. The van der Waals surface area contributed by atoms with E-state index in [4.69, 9.17) is 14.7 Å². The molecule has 3 aliphatic rings. The lowest BCUT2D eigenvalue weighted by molar-refractivity contribution is 0.179. The van der Waals surface area contributed by atoms with E-state index in [0.717, 1.165) is 37.4 Å². The van der Waals surface area contributed by atoms with Crippen LogP contribution in [0.1, 0.15) is 26.3 Å². The highest BCUT2D eigenvalue weighted by Gasteiger charge is 2.48. The molecular formula is C29H36N8O3. The second kappa shape index (κ2) is 10.2. The minimum absolute atomic E-state index is 0.0727. The maximum absolute atomic E-state index is 12.4. The van der Waals surface area contributed by atoms with Crippen LogP contribution in [0, 0.1) is 0 Å². The Morgan fingerprint density at radius 1 is 1.02 bits per heavy atom. The predicted octanol–water partition coefficient (Wildman–Crippen LogP) is 3.50. The fraction of sp³-hybridized carbons (Fsp3) is 0.448. The lowest BCUT2D eigenvalue weighted by Crippen LogP contribution is -2.44. The number of nitrogens with one attached hydrogen (secondary N) is 1. The Hall–Kier alpha value is -3.96. The molecule has 210 valence electrons. The van der Waals surface area contributed by atoms with Gasteiger partial charge < -0.3 is 29.9 Å². The van der Waals surface area contributed by atoms with Gasteiger partial charge in [-0.3, -0.25) is 4.90 Å². The number of ether oxygens (including phenoxy) is 1. The van der Waals surface area contributed by atoms with E-state index in [0.29, 0.717) is 30.0 Å². The summed E-state index contributed by atoms with van der Waals surface area (Å²) in [6.45, 7) is 10.4. The SMILES string of the molecule is C[C@H]1COC(=O)N1c1cccc(N2c3nc(Nc4ccc(N5CCN(C)CC5)cc4)ncc3[C@](C)(CO)[C@H]2C)n1. The number of aliphatic hydroxyl groups is 1. The molecule has 1 amide bonds. The van der Waals surface area contributed by atoms with Gasteiger partial charge in [-0.05, 0) is 57.3 Å². The number of rotatable bonds is 6. The average Bonchev–Trinajstić information content (AvgIpc) is 3.41. The van der Waals surface area contributed by atoms with E-state index in [1.807, 2.05) is 49.9 Å². The fourth-order valence-electron chi connectivity index (χ4n) is 5.70. The molecule has 0 spiro atoms. The van der Waals surface area contributed by atoms with Gasteiger partial charge in [0.2, 0.25) is 5.95 Å². The van der Waals surface area contributed by atoms with Crippen LogP contribution in [0.5, 0.6) is 0 Å². The summed E-state index contributed by atoms with van der Waals surface area (Å²) in [5.41, 5.74) is 2.34. The molecule has 40 heavy (non-hydrogen) atoms. The number of benzene rings is 1. The molecule has 11 nitrogen and oxygen atoms in total. The maximum Gasteiger partial charge on any atom is 0.415 e. The Balaban J connectivity index is 1.29. The van der Waals surface area contributed by atoms with E-state index in [-0.39, 0.29) is 18.7 Å². The summed E-state index contributed by atoms with van der Waals surface area (Å²) in [7, 11) is 2.16. The Bertz CT molecular complexity index is 1390. The fourth-order valence-corrected chi connectivity index (χ4v) is 5.70. The van der Waals surface area contributed by atoms with Crippen LogP contribution in [-0.2, 0) is 10.2 Å². The first kappa shape index (κ1) is 26.3. The summed E-state index contributed by atoms with van der Waals surface area (Å²) in [5, 5.41) is 13.8. The second-order valence-corrected chi connectivity index (χ2v) is 11.2. The van der Waals surface area contributed by atoms with E-state index in [9.17, 15) is 9.90 Å². The van der Waals surface area contributed by atoms with Crippen molar-refractivity contribution in [3.63, 3.8) is 0 Å². The first-order chi connectivity index (χ1) is 19.3. The van der Waals surface area contributed by atoms with Crippen molar-refractivity contribution in [1.82, 2.24) is 19.9 Å². The summed E-state index contributed by atoms with van der Waals surface area (Å²) >= 11 is 0. The molecule has 2 N–H and O–H groups in total. The zero-order valence-corrected chi connectivity index (χ0v) is 23.4. The van der Waals surface area contributed by atoms with Crippen molar-refractivity contribution in [2.45, 2.75) is 38.3 Å². The van der Waals surface area contributed by atoms with Crippen LogP contribution in [0.4, 0.5) is 39.6 Å². The van der Waals surface area contributed by atoms with Crippen molar-refractivity contribution in [1.29, 1.82) is 0 Å². The number of nitrogens with zero attached hydrogens (tertiary/aromatic N) is 7. The van der Waals surface area contributed by atoms with Gasteiger partial charge in [0.05, 0.1) is 12.6 Å². The number of pyridine rings is 1. The summed E-state index contributed by atoms with van der Waals surface area (Å²) < 4.78 is 5.21. The molecule has 5 heterocycles. The van der Waals surface area contributed by atoms with Gasteiger partial charge in [-0.1, -0.05) is 13.0 Å². The van der Waals surface area contributed by atoms with Gasteiger partial charge in [0.25, 0.3) is 0 Å². The monoisotopic (exact) mass is 544 g/mol. The van der Waals surface area contributed by atoms with Crippen molar-refractivity contribution in [3.05, 3.63) is 54.2 Å². The minimum Gasteiger partial charge on any atom is -0.447 e. The number of likely N-dealkylation sites (N-methyl/N-ethyl adjacent to an activating group) is 1. The van der Waals surface area contributed by atoms with Crippen molar-refractivity contribution >= 4 is 40.9 Å². The third kappa shape index (κ3) is 4.48. The Morgan fingerprint density at radius 3 is 2.38 bits per heavy atom. The van der Waals surface area contributed by atoms with Crippen LogP contribution >= 0.6 is 0 Å². The zero-order valence-electron chi connectivity index (χ0n) is 23.4. The molecule has 3 aliphatic heterocycles. The molecule has 3 atom stereocenters. The number of cyclic esters (lactones) is 1. The molecule has 0 unspecified atom stereocenters. The van der Waals surface area contributed by atoms with E-state index in [2.05, 4.69) is 39.3 Å². The lowest BCUT2D eigenvalue weighted by atomic mass is 9.81. The number of hydrogen-bond acceptors (Lipinski definition) is 10. The number of hydrogen-bond donors (Lipinski definition) is 2. The van der Waals surface area contributed by atoms with E-state index < -0.39 is 11.5 Å². The van der Waals surface area contributed by atoms with Gasteiger partial charge >= 0.3 is 6.09 Å². The molecule has 2 fully saturated rings. The molecule has 1 aromatic carbocycles. The zero-order chi connectivity index (χ0) is 28.0. The topological polar surface area (TPSA) is 110 Å². The number of carbonyl (C=O) groups excluding carboxylic acids is 1. The average molecular weight is 545 g/mol. The highest BCUT2D eigenvalue weighted by Crippen LogP contribution is 2.47. The van der Waals surface area contributed by atoms with Crippen LogP contribution in [0.15, 0.2) is 48.7 Å². The van der Waals surface area contributed by atoms with Gasteiger partial charge in [0, 0.05) is 60.8 Å². The Morgan fingerprint density at radius 2 is 1.73 bits per heavy atom. The molecule has 2 saturated heterocycles. The van der Waals surface area contributed by atoms with E-state index >= 15 is 0 Å². The molecule has 2 aromatic heterocycles.